The summed E-state index contributed by atoms with van der Waals surface area (Å²) in [5.41, 5.74) is 12.4. The minimum atomic E-state index is -0.156. The molecule has 37 heavy (non-hydrogen) atoms. The number of aromatic hydroxyl groups is 1. The van der Waals surface area contributed by atoms with Crippen LogP contribution in [0.5, 0.6) is 12.0 Å². The van der Waals surface area contributed by atoms with Gasteiger partial charge in [0.05, 0.1) is 13.2 Å². The molecule has 2 aromatic heterocycles. The van der Waals surface area contributed by atoms with Crippen LogP contribution in [-0.4, -0.2) is 37.3 Å². The molecular weight excluding hydrogens is 466 g/mol. The zero-order valence-electron chi connectivity index (χ0n) is 20.7. The van der Waals surface area contributed by atoms with Crippen molar-refractivity contribution in [3.8, 4) is 12.0 Å². The second kappa shape index (κ2) is 10.1. The maximum absolute atomic E-state index is 10.6. The first-order chi connectivity index (χ1) is 18.1. The van der Waals surface area contributed by atoms with E-state index in [0.717, 1.165) is 35.5 Å². The number of anilines is 3. The van der Waals surface area contributed by atoms with Crippen molar-refractivity contribution in [3.63, 3.8) is 0 Å². The molecule has 5 N–H and O–H groups in total. The summed E-state index contributed by atoms with van der Waals surface area (Å²) in [5.74, 6) is 0.182. The molecule has 2 aliphatic rings. The third-order valence-electron chi connectivity index (χ3n) is 7.02. The molecule has 0 saturated heterocycles. The molecule has 0 radical (unpaired) electrons. The van der Waals surface area contributed by atoms with E-state index in [9.17, 15) is 5.11 Å². The van der Waals surface area contributed by atoms with Gasteiger partial charge in [0.1, 0.15) is 0 Å². The molecule has 4 aromatic rings. The van der Waals surface area contributed by atoms with Gasteiger partial charge in [-0.25, -0.2) is 0 Å². The molecule has 0 amide bonds. The highest BCUT2D eigenvalue weighted by atomic mass is 16.5. The van der Waals surface area contributed by atoms with E-state index in [2.05, 4.69) is 80.2 Å². The number of nitrogen functional groups attached to an aromatic ring is 1. The Balaban J connectivity index is 1.29. The third-order valence-corrected chi connectivity index (χ3v) is 7.02. The smallest absolute Gasteiger partial charge is 0.320 e. The summed E-state index contributed by atoms with van der Waals surface area (Å²) in [7, 11) is 0. The zero-order valence-corrected chi connectivity index (χ0v) is 20.7. The van der Waals surface area contributed by atoms with Crippen LogP contribution < -0.4 is 21.1 Å². The number of allylic oxidation sites excluding steroid dienone is 1. The lowest BCUT2D eigenvalue weighted by molar-refractivity contribution is 0.300. The lowest BCUT2D eigenvalue weighted by Crippen LogP contribution is -2.34. The van der Waals surface area contributed by atoms with Crippen molar-refractivity contribution in [1.29, 1.82) is 0 Å². The second-order valence-electron chi connectivity index (χ2n) is 9.70. The molecule has 1 aliphatic carbocycles. The molecule has 0 unspecified atom stereocenters. The van der Waals surface area contributed by atoms with Gasteiger partial charge in [0.15, 0.2) is 17.0 Å². The molecule has 9 nitrogen and oxygen atoms in total. The van der Waals surface area contributed by atoms with Crippen LogP contribution in [0, 0.1) is 0 Å². The molecule has 1 fully saturated rings. The van der Waals surface area contributed by atoms with Gasteiger partial charge in [0, 0.05) is 24.0 Å². The zero-order chi connectivity index (χ0) is 25.2. The summed E-state index contributed by atoms with van der Waals surface area (Å²) >= 11 is 0. The van der Waals surface area contributed by atoms with E-state index < -0.39 is 0 Å². The van der Waals surface area contributed by atoms with E-state index >= 15 is 0 Å². The Hall–Kier alpha value is -4.11. The molecule has 9 heteroatoms. The molecule has 6 rings (SSSR count). The lowest BCUT2D eigenvalue weighted by Gasteiger charge is -2.26. The number of ether oxygens (including phenoxy) is 1. The molecule has 1 saturated carbocycles. The Bertz CT molecular complexity index is 1460. The standard InChI is InChI=1S/C28H31N7O2/c29-25-24-26-34-27(33-25)37-13-3-1-2-7-20-14-19(17-35(26)28(36)32-24)11-12-23(20)31-22-10-4-6-18(15-22)16-30-21-8-5-9-21/h1-2,4,6,10-12,14-15,21,30-31H,3,5,7-9,13,16-17H2,(H,32,36)(H2,29,33,34)/b2-1+. The number of aromatic nitrogens is 4. The molecule has 3 heterocycles. The average Bonchev–Trinajstić information content (AvgIpc) is 3.17. The summed E-state index contributed by atoms with van der Waals surface area (Å²) in [6, 6.07) is 15.6. The summed E-state index contributed by atoms with van der Waals surface area (Å²) < 4.78 is 7.35. The van der Waals surface area contributed by atoms with E-state index in [1.54, 1.807) is 4.57 Å². The SMILES string of the molecule is Nc1nc2nc3c1nc(O)n3Cc1ccc(Nc3cccc(CNC4CCC4)c3)c(c1)C/C=C/CCO2. The predicted molar refractivity (Wildman–Crippen MR) is 144 cm³/mol. The molecule has 190 valence electrons. The van der Waals surface area contributed by atoms with Gasteiger partial charge < -0.3 is 26.2 Å². The van der Waals surface area contributed by atoms with Crippen LogP contribution in [0.3, 0.4) is 0 Å². The van der Waals surface area contributed by atoms with Gasteiger partial charge in [-0.3, -0.25) is 4.57 Å². The fourth-order valence-electron chi connectivity index (χ4n) is 4.75. The van der Waals surface area contributed by atoms with Crippen molar-refractivity contribution in [2.24, 2.45) is 0 Å². The highest BCUT2D eigenvalue weighted by Crippen LogP contribution is 2.29. The van der Waals surface area contributed by atoms with Crippen LogP contribution >= 0.6 is 0 Å². The maximum atomic E-state index is 10.6. The van der Waals surface area contributed by atoms with E-state index in [0.29, 0.717) is 36.8 Å². The summed E-state index contributed by atoms with van der Waals surface area (Å²) in [6.07, 6.45) is 9.62. The Morgan fingerprint density at radius 2 is 2.00 bits per heavy atom. The fourth-order valence-corrected chi connectivity index (χ4v) is 4.75. The van der Waals surface area contributed by atoms with Gasteiger partial charge in [-0.05, 0) is 60.6 Å². The number of fused-ring (bicyclic) bond motifs is 3. The Labute approximate surface area is 215 Å². The van der Waals surface area contributed by atoms with E-state index in [1.165, 1.54) is 24.8 Å². The van der Waals surface area contributed by atoms with Crippen LogP contribution in [-0.2, 0) is 19.5 Å². The first-order valence-electron chi connectivity index (χ1n) is 12.8. The van der Waals surface area contributed by atoms with Crippen LogP contribution in [0.1, 0.15) is 42.4 Å². The van der Waals surface area contributed by atoms with E-state index in [-0.39, 0.29) is 17.8 Å². The number of rotatable bonds is 5. The van der Waals surface area contributed by atoms with Crippen LogP contribution in [0.2, 0.25) is 0 Å². The third kappa shape index (κ3) is 5.08. The van der Waals surface area contributed by atoms with Gasteiger partial charge in [-0.1, -0.05) is 42.8 Å². The van der Waals surface area contributed by atoms with Crippen molar-refractivity contribution in [3.05, 3.63) is 71.3 Å². The quantitative estimate of drug-likeness (QED) is 0.299. The lowest BCUT2D eigenvalue weighted by atomic mass is 9.93. The molecule has 0 spiro atoms. The largest absolute Gasteiger partial charge is 0.480 e. The number of nitrogens with two attached hydrogens (primary N) is 1. The van der Waals surface area contributed by atoms with Crippen molar-refractivity contribution in [2.75, 3.05) is 17.7 Å². The highest BCUT2D eigenvalue weighted by Gasteiger charge is 2.18. The first-order valence-corrected chi connectivity index (χ1v) is 12.8. The van der Waals surface area contributed by atoms with E-state index in [4.69, 9.17) is 10.5 Å². The van der Waals surface area contributed by atoms with Gasteiger partial charge >= 0.3 is 6.01 Å². The number of benzene rings is 2. The van der Waals surface area contributed by atoms with Crippen LogP contribution in [0.4, 0.5) is 17.2 Å². The summed E-state index contributed by atoms with van der Waals surface area (Å²) in [4.78, 5) is 12.8. The Morgan fingerprint density at radius 1 is 1.08 bits per heavy atom. The number of hydrogen-bond donors (Lipinski definition) is 4. The van der Waals surface area contributed by atoms with Gasteiger partial charge in [0.25, 0.3) is 6.01 Å². The molecule has 0 atom stereocenters. The van der Waals surface area contributed by atoms with Crippen molar-refractivity contribution < 1.29 is 9.84 Å². The average molecular weight is 498 g/mol. The van der Waals surface area contributed by atoms with Gasteiger partial charge in [-0.2, -0.15) is 15.0 Å². The number of nitrogens with one attached hydrogen (secondary N) is 2. The van der Waals surface area contributed by atoms with Crippen LogP contribution in [0.15, 0.2) is 54.6 Å². The second-order valence-corrected chi connectivity index (χ2v) is 9.70. The number of imidazole rings is 1. The summed E-state index contributed by atoms with van der Waals surface area (Å²) in [5, 5.41) is 17.8. The molecular formula is C28H31N7O2. The van der Waals surface area contributed by atoms with Gasteiger partial charge in [0.2, 0.25) is 0 Å². The van der Waals surface area contributed by atoms with E-state index in [1.807, 2.05) is 0 Å². The molecule has 4 bridgehead atoms. The van der Waals surface area contributed by atoms with Gasteiger partial charge in [-0.15, -0.1) is 0 Å². The van der Waals surface area contributed by atoms with Crippen molar-refractivity contribution in [2.45, 2.75) is 51.2 Å². The first kappa shape index (κ1) is 23.3. The molecule has 1 aliphatic heterocycles. The minimum absolute atomic E-state index is 0.156. The monoisotopic (exact) mass is 497 g/mol. The maximum Gasteiger partial charge on any atom is 0.320 e. The normalized spacial score (nSPS) is 16.6. The van der Waals surface area contributed by atoms with Crippen molar-refractivity contribution in [1.82, 2.24) is 24.8 Å². The van der Waals surface area contributed by atoms with Crippen LogP contribution in [0.25, 0.3) is 11.2 Å². The topological polar surface area (TPSA) is 123 Å². The predicted octanol–water partition coefficient (Wildman–Crippen LogP) is 4.43. The minimum Gasteiger partial charge on any atom is -0.480 e. The fraction of sp³-hybridized carbons (Fsp3) is 0.321. The molecule has 2 aromatic carbocycles. The Morgan fingerprint density at radius 3 is 2.86 bits per heavy atom. The number of nitrogens with zero attached hydrogens (tertiary/aromatic N) is 4. The van der Waals surface area contributed by atoms with Crippen molar-refractivity contribution >= 4 is 28.4 Å². The Kier molecular flexibility index (Phi) is 6.36. The highest BCUT2D eigenvalue weighted by molar-refractivity contribution is 5.83. The number of hydrogen-bond acceptors (Lipinski definition) is 8. The summed E-state index contributed by atoms with van der Waals surface area (Å²) in [6.45, 7) is 1.70.